The fourth-order valence-corrected chi connectivity index (χ4v) is 16.8. The van der Waals surface area contributed by atoms with Crippen LogP contribution in [0.5, 0.6) is 0 Å². The maximum Gasteiger partial charge on any atom is 0.179 e. The summed E-state index contributed by atoms with van der Waals surface area (Å²) >= 11 is 1.87. The van der Waals surface area contributed by atoms with Crippen LogP contribution in [-0.4, -0.2) is 12.6 Å². The van der Waals surface area contributed by atoms with Crippen LogP contribution in [0, 0.1) is 0 Å². The summed E-state index contributed by atoms with van der Waals surface area (Å²) in [6.07, 6.45) is 0. The lowest BCUT2D eigenvalue weighted by Gasteiger charge is -2.36. The second-order valence-corrected chi connectivity index (χ2v) is 22.9. The molecular weight excluding hydrogens is 867 g/mol. The van der Waals surface area contributed by atoms with Crippen molar-refractivity contribution in [1.29, 1.82) is 0 Å². The minimum atomic E-state index is -3.05. The maximum absolute atomic E-state index is 3.05. The molecule has 3 heteroatoms. The number of aromatic nitrogens is 1. The first kappa shape index (κ1) is 40.9. The number of hydrogen-bond donors (Lipinski definition) is 0. The van der Waals surface area contributed by atoms with Crippen molar-refractivity contribution >= 4 is 82.1 Å². The molecule has 13 rings (SSSR count). The van der Waals surface area contributed by atoms with E-state index in [1.165, 1.54) is 113 Å². The molecule has 0 atom stereocenters. The topological polar surface area (TPSA) is 4.93 Å². The lowest BCUT2D eigenvalue weighted by Crippen LogP contribution is -2.74. The van der Waals surface area contributed by atoms with Crippen molar-refractivity contribution in [1.82, 2.24) is 4.57 Å². The minimum Gasteiger partial charge on any atom is -0.308 e. The van der Waals surface area contributed by atoms with E-state index in [1.54, 1.807) is 0 Å². The van der Waals surface area contributed by atoms with E-state index in [1.807, 2.05) is 11.3 Å². The van der Waals surface area contributed by atoms with E-state index in [9.17, 15) is 0 Å². The van der Waals surface area contributed by atoms with Gasteiger partial charge in [0.25, 0.3) is 0 Å². The molecular formula is C66H45NSSi. The van der Waals surface area contributed by atoms with E-state index >= 15 is 0 Å². The Morgan fingerprint density at radius 1 is 0.261 bits per heavy atom. The molecule has 2 aromatic heterocycles. The van der Waals surface area contributed by atoms with Crippen molar-refractivity contribution in [2.45, 2.75) is 0 Å². The van der Waals surface area contributed by atoms with Gasteiger partial charge >= 0.3 is 0 Å². The van der Waals surface area contributed by atoms with E-state index < -0.39 is 8.07 Å². The highest BCUT2D eigenvalue weighted by Gasteiger charge is 2.42. The molecule has 0 N–H and O–H groups in total. The highest BCUT2D eigenvalue weighted by atomic mass is 32.1. The number of para-hydroxylation sites is 1. The third kappa shape index (κ3) is 6.89. The first-order chi connectivity index (χ1) is 34.2. The summed E-state index contributed by atoms with van der Waals surface area (Å²) in [7, 11) is -3.05. The number of thiophene rings is 1. The zero-order valence-electron chi connectivity index (χ0n) is 37.8. The first-order valence-electron chi connectivity index (χ1n) is 23.7. The Morgan fingerprint density at radius 2 is 0.681 bits per heavy atom. The zero-order chi connectivity index (χ0) is 45.7. The fourth-order valence-electron chi connectivity index (χ4n) is 11.0. The van der Waals surface area contributed by atoms with Crippen LogP contribution in [-0.2, 0) is 0 Å². The summed E-state index contributed by atoms with van der Waals surface area (Å²) in [5, 5.41) is 10.4. The highest BCUT2D eigenvalue weighted by molar-refractivity contribution is 7.25. The Hall–Kier alpha value is -8.34. The van der Waals surface area contributed by atoms with Gasteiger partial charge in [-0.25, -0.2) is 0 Å². The van der Waals surface area contributed by atoms with Crippen LogP contribution in [0.3, 0.4) is 0 Å². The van der Waals surface area contributed by atoms with Crippen LogP contribution in [0.25, 0.3) is 92.2 Å². The molecule has 1 nitrogen and oxygen atoms in total. The Morgan fingerprint density at radius 3 is 1.29 bits per heavy atom. The lowest BCUT2D eigenvalue weighted by molar-refractivity contribution is 1.18. The highest BCUT2D eigenvalue weighted by Crippen LogP contribution is 2.43. The van der Waals surface area contributed by atoms with Crippen molar-refractivity contribution in [2.75, 3.05) is 0 Å². The Balaban J connectivity index is 1.12. The summed E-state index contributed by atoms with van der Waals surface area (Å²) in [6.45, 7) is 0. The molecule has 0 bridgehead atoms. The largest absolute Gasteiger partial charge is 0.308 e. The number of fused-ring (bicyclic) bond motifs is 6. The zero-order valence-corrected chi connectivity index (χ0v) is 39.7. The monoisotopic (exact) mass is 911 g/mol. The van der Waals surface area contributed by atoms with E-state index in [2.05, 4.69) is 278 Å². The van der Waals surface area contributed by atoms with Crippen LogP contribution in [0.15, 0.2) is 273 Å². The van der Waals surface area contributed by atoms with Gasteiger partial charge in [-0.15, -0.1) is 11.3 Å². The standard InChI is InChI=1S/C66H45NSSi/c1-6-20-46(21-7-1)47-34-38-54(39-35-47)69(52-26-12-4-13-27-52,53-28-14-5-15-29-53)55-44-58(48-22-8-2-9-23-48)66(59(45-55)49-24-10-3-11-25-49)67-62-32-18-16-30-56(62)60-42-50(36-40-63(60)67)51-37-41-65-61(43-51)57-31-17-19-33-64(57)68-65/h1-45H. The van der Waals surface area contributed by atoms with Crippen molar-refractivity contribution in [3.05, 3.63) is 273 Å². The van der Waals surface area contributed by atoms with Gasteiger partial charge in [-0.2, -0.15) is 0 Å². The van der Waals surface area contributed by atoms with Crippen LogP contribution in [0.1, 0.15) is 0 Å². The quantitative estimate of drug-likeness (QED) is 0.100. The summed E-state index contributed by atoms with van der Waals surface area (Å²) < 4.78 is 5.20. The Labute approximate surface area is 407 Å². The molecule has 0 saturated carbocycles. The first-order valence-corrected chi connectivity index (χ1v) is 26.6. The fraction of sp³-hybridized carbons (Fsp3) is 0. The van der Waals surface area contributed by atoms with Gasteiger partial charge < -0.3 is 4.57 Å². The second-order valence-electron chi connectivity index (χ2n) is 18.0. The summed E-state index contributed by atoms with van der Waals surface area (Å²) in [5.41, 5.74) is 13.1. The maximum atomic E-state index is 2.56. The molecule has 2 heterocycles. The molecule has 0 saturated heterocycles. The number of hydrogen-bond acceptors (Lipinski definition) is 1. The van der Waals surface area contributed by atoms with E-state index in [4.69, 9.17) is 0 Å². The van der Waals surface area contributed by atoms with Gasteiger partial charge in [0, 0.05) is 42.1 Å². The molecule has 0 aliphatic rings. The third-order valence-corrected chi connectivity index (χ3v) is 20.1. The number of rotatable bonds is 9. The predicted molar refractivity (Wildman–Crippen MR) is 299 cm³/mol. The summed E-state index contributed by atoms with van der Waals surface area (Å²) in [5.74, 6) is 0. The van der Waals surface area contributed by atoms with Crippen LogP contribution in [0.4, 0.5) is 0 Å². The van der Waals surface area contributed by atoms with Crippen molar-refractivity contribution in [2.24, 2.45) is 0 Å². The molecule has 11 aromatic carbocycles. The second kappa shape index (κ2) is 17.1. The van der Waals surface area contributed by atoms with Gasteiger partial charge in [0.15, 0.2) is 8.07 Å². The van der Waals surface area contributed by atoms with Gasteiger partial charge in [-0.05, 0) is 90.5 Å². The lowest BCUT2D eigenvalue weighted by atomic mass is 9.95. The molecule has 0 amide bonds. The van der Waals surface area contributed by atoms with Crippen LogP contribution in [0.2, 0.25) is 0 Å². The van der Waals surface area contributed by atoms with Gasteiger partial charge in [0.2, 0.25) is 0 Å². The van der Waals surface area contributed by atoms with Crippen molar-refractivity contribution in [3.8, 4) is 50.2 Å². The normalized spacial score (nSPS) is 11.8. The summed E-state index contributed by atoms with van der Waals surface area (Å²) in [6, 6.07) is 102. The minimum absolute atomic E-state index is 1.17. The smallest absolute Gasteiger partial charge is 0.179 e. The SMILES string of the molecule is c1ccc(-c2ccc([Si](c3ccccc3)(c3ccccc3)c3cc(-c4ccccc4)c(-n4c5ccccc5c5cc(-c6ccc7sc8ccccc8c7c6)ccc54)c(-c4ccccc4)c3)cc2)cc1. The van der Waals surface area contributed by atoms with Gasteiger partial charge in [-0.3, -0.25) is 0 Å². The summed E-state index contributed by atoms with van der Waals surface area (Å²) in [4.78, 5) is 0. The van der Waals surface area contributed by atoms with Gasteiger partial charge in [0.1, 0.15) is 0 Å². The molecule has 0 aliphatic heterocycles. The molecule has 0 fully saturated rings. The van der Waals surface area contributed by atoms with Gasteiger partial charge in [-0.1, -0.05) is 237 Å². The third-order valence-electron chi connectivity index (χ3n) is 14.2. The Kier molecular flexibility index (Phi) is 10.1. The molecule has 0 unspecified atom stereocenters. The number of benzene rings is 11. The van der Waals surface area contributed by atoms with E-state index in [0.29, 0.717) is 0 Å². The van der Waals surface area contributed by atoms with Gasteiger partial charge in [0.05, 0.1) is 16.7 Å². The Bertz CT molecular complexity index is 3870. The molecule has 0 radical (unpaired) electrons. The van der Waals surface area contributed by atoms with Crippen LogP contribution < -0.4 is 20.7 Å². The molecule has 0 aliphatic carbocycles. The van der Waals surface area contributed by atoms with E-state index in [-0.39, 0.29) is 0 Å². The van der Waals surface area contributed by atoms with Crippen LogP contribution >= 0.6 is 11.3 Å². The average Bonchev–Trinajstić information content (AvgIpc) is 3.97. The number of nitrogens with zero attached hydrogens (tertiary/aromatic N) is 1. The predicted octanol–water partition coefficient (Wildman–Crippen LogP) is 15.2. The molecule has 13 aromatic rings. The average molecular weight is 912 g/mol. The van der Waals surface area contributed by atoms with Crippen molar-refractivity contribution in [3.63, 3.8) is 0 Å². The van der Waals surface area contributed by atoms with Crippen molar-refractivity contribution < 1.29 is 0 Å². The molecule has 69 heavy (non-hydrogen) atoms. The molecule has 0 spiro atoms. The molecule has 324 valence electrons. The van der Waals surface area contributed by atoms with E-state index in [0.717, 1.165) is 0 Å².